The number of rotatable bonds is 3. The number of sulfonamides is 1. The lowest BCUT2D eigenvalue weighted by molar-refractivity contribution is -0.122. The second-order valence-electron chi connectivity index (χ2n) is 8.19. The zero-order valence-electron chi connectivity index (χ0n) is 16.8. The molecule has 2 aromatic carbocycles. The van der Waals surface area contributed by atoms with Gasteiger partial charge in [0.05, 0.1) is 18.5 Å². The molecule has 0 saturated heterocycles. The van der Waals surface area contributed by atoms with Crippen LogP contribution in [0.25, 0.3) is 0 Å². The zero-order valence-corrected chi connectivity index (χ0v) is 17.6. The van der Waals surface area contributed by atoms with Gasteiger partial charge in [0.25, 0.3) is 5.91 Å². The first kappa shape index (κ1) is 20.2. The van der Waals surface area contributed by atoms with Crippen LogP contribution < -0.4 is 14.4 Å². The van der Waals surface area contributed by atoms with Gasteiger partial charge in [0, 0.05) is 5.69 Å². The highest BCUT2D eigenvalue weighted by atomic mass is 32.2. The average Bonchev–Trinajstić information content (AvgIpc) is 2.58. The first-order valence-electron chi connectivity index (χ1n) is 9.11. The fourth-order valence-electron chi connectivity index (χ4n) is 3.11. The number of benzene rings is 2. The van der Waals surface area contributed by atoms with Crippen LogP contribution in [0.3, 0.4) is 0 Å². The van der Waals surface area contributed by atoms with Crippen molar-refractivity contribution in [3.8, 4) is 5.75 Å². The predicted octanol–water partition coefficient (Wildman–Crippen LogP) is 3.46. The van der Waals surface area contributed by atoms with E-state index >= 15 is 0 Å². The Labute approximate surface area is 166 Å². The Balaban J connectivity index is 1.93. The monoisotopic (exact) mass is 402 g/mol. The molecule has 1 amide bonds. The van der Waals surface area contributed by atoms with Crippen LogP contribution in [0.4, 0.5) is 11.4 Å². The maximum Gasteiger partial charge on any atom is 0.267 e. The van der Waals surface area contributed by atoms with Crippen LogP contribution in [0.2, 0.25) is 0 Å². The summed E-state index contributed by atoms with van der Waals surface area (Å²) in [6.45, 7) is 8.03. The molecule has 2 aromatic rings. The summed E-state index contributed by atoms with van der Waals surface area (Å²) in [4.78, 5) is 12.7. The van der Waals surface area contributed by atoms with Gasteiger partial charge in [0.1, 0.15) is 5.75 Å². The van der Waals surface area contributed by atoms with E-state index in [1.165, 1.54) is 4.31 Å². The number of aryl methyl sites for hydroxylation is 1. The fraction of sp³-hybridized carbons (Fsp3) is 0.381. The van der Waals surface area contributed by atoms with E-state index in [1.807, 2.05) is 37.3 Å². The molecule has 1 aliphatic rings. The standard InChI is InChI=1S/C21H26N2O4S/c1-14-7-6-8-16(11-14)22-20(24)19-13-23(28(5,25)26)17-12-15(21(2,3)4)9-10-18(17)27-19/h6-12,19H,13H2,1-5H3,(H,22,24). The second-order valence-corrected chi connectivity index (χ2v) is 10.1. The fourth-order valence-corrected chi connectivity index (χ4v) is 4.02. The van der Waals surface area contributed by atoms with Gasteiger partial charge in [-0.05, 0) is 47.7 Å². The molecule has 0 bridgehead atoms. The summed E-state index contributed by atoms with van der Waals surface area (Å²) >= 11 is 0. The molecule has 0 radical (unpaired) electrons. The third-order valence-electron chi connectivity index (χ3n) is 4.67. The molecule has 7 heteroatoms. The highest BCUT2D eigenvalue weighted by Gasteiger charge is 2.35. The van der Waals surface area contributed by atoms with Gasteiger partial charge in [-0.15, -0.1) is 0 Å². The van der Waals surface area contributed by atoms with Crippen LogP contribution in [0.1, 0.15) is 31.9 Å². The zero-order chi connectivity index (χ0) is 20.7. The number of fused-ring (bicyclic) bond motifs is 1. The van der Waals surface area contributed by atoms with E-state index in [-0.39, 0.29) is 17.9 Å². The van der Waals surface area contributed by atoms with Gasteiger partial charge in [-0.2, -0.15) is 0 Å². The number of carbonyl (C=O) groups is 1. The van der Waals surface area contributed by atoms with Gasteiger partial charge in [-0.1, -0.05) is 39.0 Å². The van der Waals surface area contributed by atoms with E-state index in [4.69, 9.17) is 4.74 Å². The van der Waals surface area contributed by atoms with Crippen LogP contribution in [-0.2, 0) is 20.2 Å². The number of ether oxygens (including phenoxy) is 1. The van der Waals surface area contributed by atoms with Crippen LogP contribution in [0, 0.1) is 6.92 Å². The van der Waals surface area contributed by atoms with E-state index in [2.05, 4.69) is 26.1 Å². The maximum atomic E-state index is 12.7. The average molecular weight is 403 g/mol. The molecule has 6 nitrogen and oxygen atoms in total. The highest BCUT2D eigenvalue weighted by molar-refractivity contribution is 7.92. The Morgan fingerprint density at radius 1 is 1.18 bits per heavy atom. The van der Waals surface area contributed by atoms with E-state index < -0.39 is 16.1 Å². The van der Waals surface area contributed by atoms with Crippen LogP contribution in [0.5, 0.6) is 5.75 Å². The molecule has 1 heterocycles. The lowest BCUT2D eigenvalue weighted by Crippen LogP contribution is -2.48. The smallest absolute Gasteiger partial charge is 0.267 e. The largest absolute Gasteiger partial charge is 0.476 e. The number of anilines is 2. The van der Waals surface area contributed by atoms with Crippen molar-refractivity contribution in [2.45, 2.75) is 39.2 Å². The predicted molar refractivity (Wildman–Crippen MR) is 112 cm³/mol. The summed E-state index contributed by atoms with van der Waals surface area (Å²) < 4.78 is 32.0. The van der Waals surface area contributed by atoms with Crippen molar-refractivity contribution in [2.24, 2.45) is 0 Å². The normalized spacial score (nSPS) is 16.9. The molecule has 0 fully saturated rings. The lowest BCUT2D eigenvalue weighted by Gasteiger charge is -2.35. The molecule has 0 aromatic heterocycles. The van der Waals surface area contributed by atoms with Gasteiger partial charge >= 0.3 is 0 Å². The molecular weight excluding hydrogens is 376 g/mol. The number of carbonyl (C=O) groups excluding carboxylic acids is 1. The molecule has 0 aliphatic carbocycles. The number of nitrogens with zero attached hydrogens (tertiary/aromatic N) is 1. The Kier molecular flexibility index (Phi) is 5.14. The molecule has 1 aliphatic heterocycles. The molecule has 1 atom stereocenters. The van der Waals surface area contributed by atoms with Gasteiger partial charge in [-0.25, -0.2) is 8.42 Å². The van der Waals surface area contributed by atoms with Crippen LogP contribution in [0.15, 0.2) is 42.5 Å². The second kappa shape index (κ2) is 7.13. The lowest BCUT2D eigenvalue weighted by atomic mass is 9.86. The van der Waals surface area contributed by atoms with Gasteiger partial charge in [0.2, 0.25) is 10.0 Å². The Hall–Kier alpha value is -2.54. The molecule has 1 unspecified atom stereocenters. The Morgan fingerprint density at radius 2 is 1.89 bits per heavy atom. The SMILES string of the molecule is Cc1cccc(NC(=O)C2CN(S(C)(=O)=O)c3cc(C(C)(C)C)ccc3O2)c1. The van der Waals surface area contributed by atoms with E-state index in [9.17, 15) is 13.2 Å². The number of hydrogen-bond acceptors (Lipinski definition) is 4. The molecular formula is C21H26N2O4S. The van der Waals surface area contributed by atoms with Crippen LogP contribution in [-0.4, -0.2) is 33.2 Å². The Morgan fingerprint density at radius 3 is 2.50 bits per heavy atom. The third-order valence-corrected chi connectivity index (χ3v) is 5.82. The number of hydrogen-bond donors (Lipinski definition) is 1. The summed E-state index contributed by atoms with van der Waals surface area (Å²) in [7, 11) is -3.57. The minimum Gasteiger partial charge on any atom is -0.476 e. The first-order valence-corrected chi connectivity index (χ1v) is 11.0. The molecule has 0 saturated carbocycles. The third kappa shape index (κ3) is 4.30. The van der Waals surface area contributed by atoms with E-state index in [1.54, 1.807) is 12.1 Å². The molecule has 1 N–H and O–H groups in total. The maximum absolute atomic E-state index is 12.7. The van der Waals surface area contributed by atoms with Gasteiger partial charge in [-0.3, -0.25) is 9.10 Å². The molecule has 28 heavy (non-hydrogen) atoms. The Bertz CT molecular complexity index is 1010. The number of nitrogens with one attached hydrogen (secondary N) is 1. The van der Waals surface area contributed by atoms with Gasteiger partial charge < -0.3 is 10.1 Å². The molecule has 150 valence electrons. The van der Waals surface area contributed by atoms with Crippen molar-refractivity contribution in [1.82, 2.24) is 0 Å². The van der Waals surface area contributed by atoms with Crippen LogP contribution >= 0.6 is 0 Å². The van der Waals surface area contributed by atoms with Crippen molar-refractivity contribution in [1.29, 1.82) is 0 Å². The molecule has 3 rings (SSSR count). The summed E-state index contributed by atoms with van der Waals surface area (Å²) in [5.74, 6) is -0.00105. The first-order chi connectivity index (χ1) is 12.9. The highest BCUT2D eigenvalue weighted by Crippen LogP contribution is 2.38. The quantitative estimate of drug-likeness (QED) is 0.853. The summed E-state index contributed by atoms with van der Waals surface area (Å²) in [6.07, 6.45) is 0.199. The van der Waals surface area contributed by atoms with Crippen molar-refractivity contribution in [2.75, 3.05) is 22.4 Å². The summed E-state index contributed by atoms with van der Waals surface area (Å²) in [5, 5.41) is 2.81. The van der Waals surface area contributed by atoms with Crippen molar-refractivity contribution < 1.29 is 17.9 Å². The van der Waals surface area contributed by atoms with Gasteiger partial charge in [0.15, 0.2) is 6.10 Å². The van der Waals surface area contributed by atoms with E-state index in [0.29, 0.717) is 17.1 Å². The van der Waals surface area contributed by atoms with E-state index in [0.717, 1.165) is 17.4 Å². The summed E-state index contributed by atoms with van der Waals surface area (Å²) in [6, 6.07) is 12.9. The van der Waals surface area contributed by atoms with Crippen molar-refractivity contribution in [3.63, 3.8) is 0 Å². The minimum atomic E-state index is -3.57. The number of amides is 1. The molecule has 0 spiro atoms. The van der Waals surface area contributed by atoms with Crippen molar-refractivity contribution >= 4 is 27.3 Å². The summed E-state index contributed by atoms with van der Waals surface area (Å²) in [5.41, 5.74) is 2.98. The van der Waals surface area contributed by atoms with Crippen molar-refractivity contribution in [3.05, 3.63) is 53.6 Å². The minimum absolute atomic E-state index is 0.0723. The topological polar surface area (TPSA) is 75.7 Å².